The predicted molar refractivity (Wildman–Crippen MR) is 145 cm³/mol. The molecule has 2 aromatic carbocycles. The van der Waals surface area contributed by atoms with Crippen molar-refractivity contribution in [1.29, 1.82) is 0 Å². The average molecular weight is 564 g/mol. The van der Waals surface area contributed by atoms with Gasteiger partial charge in [-0.3, -0.25) is 4.79 Å². The SMILES string of the molecule is COc1ccc(CCN(Cc2cccs2)C(=O)CN(C(=O)Nc2ccc(C(F)(F)F)cc2)C(C)C)cc1OC. The van der Waals surface area contributed by atoms with Gasteiger partial charge < -0.3 is 24.6 Å². The highest BCUT2D eigenvalue weighted by Gasteiger charge is 2.30. The number of rotatable bonds is 11. The molecule has 1 N–H and O–H groups in total. The van der Waals surface area contributed by atoms with Gasteiger partial charge in [0.1, 0.15) is 6.54 Å². The number of benzene rings is 2. The van der Waals surface area contributed by atoms with Gasteiger partial charge in [-0.05, 0) is 73.7 Å². The second kappa shape index (κ2) is 13.4. The maximum atomic E-state index is 13.5. The molecule has 0 unspecified atom stereocenters. The number of carbonyl (C=O) groups excluding carboxylic acids is 2. The van der Waals surface area contributed by atoms with Crippen molar-refractivity contribution in [2.45, 2.75) is 39.0 Å². The molecule has 11 heteroatoms. The third-order valence-electron chi connectivity index (χ3n) is 6.05. The Morgan fingerprint density at radius 2 is 1.69 bits per heavy atom. The molecule has 3 amide bonds. The highest BCUT2D eigenvalue weighted by Crippen LogP contribution is 2.30. The van der Waals surface area contributed by atoms with Gasteiger partial charge in [0.05, 0.1) is 26.3 Å². The number of hydrogen-bond acceptors (Lipinski definition) is 5. The van der Waals surface area contributed by atoms with E-state index in [1.165, 1.54) is 28.4 Å². The zero-order valence-corrected chi connectivity index (χ0v) is 23.1. The summed E-state index contributed by atoms with van der Waals surface area (Å²) in [5.41, 5.74) is 0.350. The smallest absolute Gasteiger partial charge is 0.416 e. The molecule has 0 saturated carbocycles. The summed E-state index contributed by atoms with van der Waals surface area (Å²) in [5.74, 6) is 0.955. The fraction of sp³-hybridized carbons (Fsp3) is 0.357. The van der Waals surface area contributed by atoms with Gasteiger partial charge in [0.2, 0.25) is 5.91 Å². The van der Waals surface area contributed by atoms with Crippen LogP contribution in [-0.2, 0) is 23.9 Å². The van der Waals surface area contributed by atoms with E-state index < -0.39 is 17.8 Å². The predicted octanol–water partition coefficient (Wildman–Crippen LogP) is 6.30. The number of carbonyl (C=O) groups is 2. The van der Waals surface area contributed by atoms with E-state index in [1.807, 2.05) is 35.7 Å². The van der Waals surface area contributed by atoms with E-state index in [0.29, 0.717) is 31.0 Å². The molecule has 1 heterocycles. The molecular formula is C28H32F3N3O4S. The first-order valence-electron chi connectivity index (χ1n) is 12.3. The number of methoxy groups -OCH3 is 2. The maximum absolute atomic E-state index is 13.5. The van der Waals surface area contributed by atoms with E-state index in [4.69, 9.17) is 9.47 Å². The minimum atomic E-state index is -4.47. The minimum absolute atomic E-state index is 0.193. The number of thiophene rings is 1. The van der Waals surface area contributed by atoms with Crippen molar-refractivity contribution < 1.29 is 32.2 Å². The summed E-state index contributed by atoms with van der Waals surface area (Å²) in [6.45, 7) is 4.13. The van der Waals surface area contributed by atoms with Crippen LogP contribution in [0.3, 0.4) is 0 Å². The van der Waals surface area contributed by atoms with Crippen LogP contribution in [0.25, 0.3) is 0 Å². The van der Waals surface area contributed by atoms with E-state index in [1.54, 1.807) is 33.0 Å². The third kappa shape index (κ3) is 8.38. The molecule has 0 aliphatic rings. The van der Waals surface area contributed by atoms with Crippen LogP contribution >= 0.6 is 11.3 Å². The van der Waals surface area contributed by atoms with Gasteiger partial charge in [-0.2, -0.15) is 13.2 Å². The zero-order chi connectivity index (χ0) is 28.6. The first-order chi connectivity index (χ1) is 18.5. The first-order valence-corrected chi connectivity index (χ1v) is 13.2. The van der Waals surface area contributed by atoms with Gasteiger partial charge in [-0.15, -0.1) is 11.3 Å². The molecule has 0 spiro atoms. The molecule has 0 aliphatic carbocycles. The summed E-state index contributed by atoms with van der Waals surface area (Å²) in [5, 5.41) is 4.53. The molecule has 39 heavy (non-hydrogen) atoms. The second-order valence-corrected chi connectivity index (χ2v) is 10.1. The molecule has 0 fully saturated rings. The van der Waals surface area contributed by atoms with Crippen LogP contribution < -0.4 is 14.8 Å². The normalized spacial score (nSPS) is 11.3. The second-order valence-electron chi connectivity index (χ2n) is 9.06. The molecule has 1 aromatic heterocycles. The van der Waals surface area contributed by atoms with Gasteiger partial charge in [0.25, 0.3) is 0 Å². The molecule has 0 radical (unpaired) electrons. The van der Waals surface area contributed by atoms with E-state index in [9.17, 15) is 22.8 Å². The molecule has 0 saturated heterocycles. The van der Waals surface area contributed by atoms with Crippen LogP contribution in [0.5, 0.6) is 11.5 Å². The van der Waals surface area contributed by atoms with Gasteiger partial charge in [-0.25, -0.2) is 4.79 Å². The average Bonchev–Trinajstić information content (AvgIpc) is 3.42. The molecule has 0 aliphatic heterocycles. The van der Waals surface area contributed by atoms with Gasteiger partial charge >= 0.3 is 12.2 Å². The van der Waals surface area contributed by atoms with E-state index in [0.717, 1.165) is 22.6 Å². The Hall–Kier alpha value is -3.73. The van der Waals surface area contributed by atoms with Crippen molar-refractivity contribution in [2.75, 3.05) is 32.6 Å². The van der Waals surface area contributed by atoms with E-state index in [-0.39, 0.29) is 24.2 Å². The molecular weight excluding hydrogens is 531 g/mol. The molecule has 7 nitrogen and oxygen atoms in total. The molecule has 3 aromatic rings. The maximum Gasteiger partial charge on any atom is 0.416 e. The van der Waals surface area contributed by atoms with Gasteiger partial charge in [-0.1, -0.05) is 12.1 Å². The van der Waals surface area contributed by atoms with Crippen LogP contribution in [0.4, 0.5) is 23.7 Å². The molecule has 210 valence electrons. The lowest BCUT2D eigenvalue weighted by Gasteiger charge is -2.30. The van der Waals surface area contributed by atoms with Gasteiger partial charge in [0, 0.05) is 23.2 Å². The lowest BCUT2D eigenvalue weighted by molar-refractivity contribution is -0.137. The summed E-state index contributed by atoms with van der Waals surface area (Å²) in [7, 11) is 3.12. The molecule has 0 atom stereocenters. The Labute approximate surface area is 230 Å². The topological polar surface area (TPSA) is 71.1 Å². The largest absolute Gasteiger partial charge is 0.493 e. The highest BCUT2D eigenvalue weighted by molar-refractivity contribution is 7.09. The molecule has 3 rings (SSSR count). The Morgan fingerprint density at radius 3 is 2.26 bits per heavy atom. The van der Waals surface area contributed by atoms with Crippen LogP contribution in [-0.4, -0.2) is 55.1 Å². The Balaban J connectivity index is 1.72. The first kappa shape index (κ1) is 29.8. The van der Waals surface area contributed by atoms with Crippen molar-refractivity contribution in [3.63, 3.8) is 0 Å². The minimum Gasteiger partial charge on any atom is -0.493 e. The number of alkyl halides is 3. The fourth-order valence-corrected chi connectivity index (χ4v) is 4.57. The van der Waals surface area contributed by atoms with Crippen molar-refractivity contribution in [2.24, 2.45) is 0 Å². The van der Waals surface area contributed by atoms with Crippen LogP contribution in [0.1, 0.15) is 29.9 Å². The standard InChI is InChI=1S/C28H32F3N3O4S/c1-19(2)34(27(36)32-22-10-8-21(9-11-22)28(29,30)31)18-26(35)33(17-23-6-5-15-39-23)14-13-20-7-12-24(37-3)25(16-20)38-4/h5-12,15-16,19H,13-14,17-18H2,1-4H3,(H,32,36). The van der Waals surface area contributed by atoms with Crippen molar-refractivity contribution in [3.8, 4) is 11.5 Å². The summed E-state index contributed by atoms with van der Waals surface area (Å²) < 4.78 is 49.3. The Kier molecular flexibility index (Phi) is 10.2. The van der Waals surface area contributed by atoms with Crippen LogP contribution in [0, 0.1) is 0 Å². The van der Waals surface area contributed by atoms with Crippen molar-refractivity contribution >= 4 is 29.0 Å². The summed E-state index contributed by atoms with van der Waals surface area (Å²) >= 11 is 1.53. The number of anilines is 1. The number of urea groups is 1. The quantitative estimate of drug-likeness (QED) is 0.297. The number of halogens is 3. The van der Waals surface area contributed by atoms with Crippen molar-refractivity contribution in [3.05, 3.63) is 76.0 Å². The van der Waals surface area contributed by atoms with Gasteiger partial charge in [0.15, 0.2) is 11.5 Å². The number of amides is 3. The van der Waals surface area contributed by atoms with E-state index >= 15 is 0 Å². The highest BCUT2D eigenvalue weighted by atomic mass is 32.1. The van der Waals surface area contributed by atoms with Crippen LogP contribution in [0.2, 0.25) is 0 Å². The third-order valence-corrected chi connectivity index (χ3v) is 6.91. The summed E-state index contributed by atoms with van der Waals surface area (Å²) in [4.78, 5) is 30.6. The number of nitrogens with zero attached hydrogens (tertiary/aromatic N) is 2. The van der Waals surface area contributed by atoms with E-state index in [2.05, 4.69) is 5.32 Å². The molecule has 0 bridgehead atoms. The lowest BCUT2D eigenvalue weighted by Crippen LogP contribution is -2.47. The summed E-state index contributed by atoms with van der Waals surface area (Å²) in [6.07, 6.45) is -3.92. The Morgan fingerprint density at radius 1 is 1.00 bits per heavy atom. The zero-order valence-electron chi connectivity index (χ0n) is 22.2. The Bertz CT molecular complexity index is 1230. The summed E-state index contributed by atoms with van der Waals surface area (Å²) in [6, 6.07) is 12.7. The number of ether oxygens (including phenoxy) is 2. The number of nitrogens with one attached hydrogen (secondary N) is 1. The number of hydrogen-bond donors (Lipinski definition) is 1. The fourth-order valence-electron chi connectivity index (χ4n) is 3.86. The van der Waals surface area contributed by atoms with Crippen LogP contribution in [0.15, 0.2) is 60.0 Å². The monoisotopic (exact) mass is 563 g/mol. The van der Waals surface area contributed by atoms with Crippen molar-refractivity contribution in [1.82, 2.24) is 9.80 Å². The lowest BCUT2D eigenvalue weighted by atomic mass is 10.1.